The molecular formula is C28H20F3NO5S2. The lowest BCUT2D eigenvalue weighted by Crippen LogP contribution is -2.11. The molecule has 2 aromatic heterocycles. The maximum atomic E-state index is 13.6. The van der Waals surface area contributed by atoms with Crippen molar-refractivity contribution >= 4 is 38.2 Å². The molecule has 0 amide bonds. The standard InChI is InChI=1S/C28H20F3NO5S2/c29-28(30,31)21-3-5-22(6-4-21)37-23-7-9-24(10-8-23)39(35,36)32-16-19(2-12-27(33)34)25-15-18(1-11-26(25)32)20-13-14-38-17-20/h1,3-11,13-17H,2,12H2,(H,33,34). The van der Waals surface area contributed by atoms with E-state index in [4.69, 9.17) is 4.74 Å². The lowest BCUT2D eigenvalue weighted by molar-refractivity contribution is -0.138. The number of ether oxygens (including phenoxy) is 1. The van der Waals surface area contributed by atoms with Gasteiger partial charge in [-0.05, 0) is 101 Å². The number of halogens is 3. The van der Waals surface area contributed by atoms with E-state index in [-0.39, 0.29) is 29.2 Å². The van der Waals surface area contributed by atoms with Gasteiger partial charge >= 0.3 is 12.1 Å². The summed E-state index contributed by atoms with van der Waals surface area (Å²) >= 11 is 1.53. The summed E-state index contributed by atoms with van der Waals surface area (Å²) in [6.45, 7) is 0. The molecule has 0 spiro atoms. The molecule has 0 fully saturated rings. The first-order valence-electron chi connectivity index (χ1n) is 11.6. The van der Waals surface area contributed by atoms with Gasteiger partial charge in [0, 0.05) is 18.0 Å². The van der Waals surface area contributed by atoms with Crippen LogP contribution in [0.2, 0.25) is 0 Å². The van der Waals surface area contributed by atoms with E-state index in [0.29, 0.717) is 16.5 Å². The van der Waals surface area contributed by atoms with Crippen LogP contribution in [0.15, 0.2) is 94.6 Å². The highest BCUT2D eigenvalue weighted by atomic mass is 32.2. The number of nitrogens with zero attached hydrogens (tertiary/aromatic N) is 1. The predicted molar refractivity (Wildman–Crippen MR) is 142 cm³/mol. The number of aliphatic carboxylic acids is 1. The number of fused-ring (bicyclic) bond motifs is 1. The molecule has 5 aromatic rings. The topological polar surface area (TPSA) is 85.6 Å². The van der Waals surface area contributed by atoms with E-state index < -0.39 is 27.7 Å². The highest BCUT2D eigenvalue weighted by Crippen LogP contribution is 2.34. The van der Waals surface area contributed by atoms with Crippen molar-refractivity contribution in [3.63, 3.8) is 0 Å². The van der Waals surface area contributed by atoms with Gasteiger partial charge in [0.05, 0.1) is 16.0 Å². The molecule has 0 atom stereocenters. The number of rotatable bonds is 8. The Morgan fingerprint density at radius 1 is 0.923 bits per heavy atom. The van der Waals surface area contributed by atoms with Crippen molar-refractivity contribution in [1.82, 2.24) is 3.97 Å². The molecular weight excluding hydrogens is 551 g/mol. The molecule has 2 heterocycles. The lowest BCUT2D eigenvalue weighted by atomic mass is 10.0. The molecule has 0 bridgehead atoms. The van der Waals surface area contributed by atoms with Crippen LogP contribution in [-0.4, -0.2) is 23.5 Å². The highest BCUT2D eigenvalue weighted by Gasteiger charge is 2.30. The Morgan fingerprint density at radius 3 is 2.18 bits per heavy atom. The predicted octanol–water partition coefficient (Wildman–Crippen LogP) is 7.44. The number of thiophene rings is 1. The molecule has 0 aliphatic heterocycles. The maximum Gasteiger partial charge on any atom is 0.416 e. The van der Waals surface area contributed by atoms with E-state index in [1.807, 2.05) is 29.0 Å². The molecule has 0 aliphatic rings. The van der Waals surface area contributed by atoms with Crippen LogP contribution in [0.4, 0.5) is 13.2 Å². The zero-order chi connectivity index (χ0) is 27.8. The van der Waals surface area contributed by atoms with E-state index in [2.05, 4.69) is 0 Å². The van der Waals surface area contributed by atoms with Crippen LogP contribution in [-0.2, 0) is 27.4 Å². The van der Waals surface area contributed by atoms with Crippen molar-refractivity contribution < 1.29 is 36.2 Å². The second-order valence-electron chi connectivity index (χ2n) is 8.69. The third-order valence-electron chi connectivity index (χ3n) is 6.11. The molecule has 1 N–H and O–H groups in total. The van der Waals surface area contributed by atoms with E-state index >= 15 is 0 Å². The number of carbonyl (C=O) groups is 1. The number of hydrogen-bond acceptors (Lipinski definition) is 5. The molecule has 11 heteroatoms. The van der Waals surface area contributed by atoms with E-state index in [1.54, 1.807) is 6.07 Å². The molecule has 5 rings (SSSR count). The first-order valence-corrected chi connectivity index (χ1v) is 14.0. The summed E-state index contributed by atoms with van der Waals surface area (Å²) in [6.07, 6.45) is -3.01. The van der Waals surface area contributed by atoms with Crippen LogP contribution in [0.1, 0.15) is 17.5 Å². The van der Waals surface area contributed by atoms with Gasteiger partial charge in [-0.25, -0.2) is 12.4 Å². The summed E-state index contributed by atoms with van der Waals surface area (Å²) < 4.78 is 72.3. The van der Waals surface area contributed by atoms with Crippen molar-refractivity contribution in [2.45, 2.75) is 23.9 Å². The number of benzene rings is 3. The molecule has 200 valence electrons. The molecule has 39 heavy (non-hydrogen) atoms. The average molecular weight is 572 g/mol. The zero-order valence-electron chi connectivity index (χ0n) is 20.1. The zero-order valence-corrected chi connectivity index (χ0v) is 21.7. The first-order chi connectivity index (χ1) is 18.5. The Hall–Kier alpha value is -4.09. The Bertz CT molecular complexity index is 1740. The number of aromatic nitrogens is 1. The average Bonchev–Trinajstić information content (AvgIpc) is 3.56. The third kappa shape index (κ3) is 5.55. The van der Waals surface area contributed by atoms with Crippen LogP contribution in [0.3, 0.4) is 0 Å². The maximum absolute atomic E-state index is 13.6. The van der Waals surface area contributed by atoms with Gasteiger partial charge < -0.3 is 9.84 Å². The Balaban J connectivity index is 1.46. The van der Waals surface area contributed by atoms with Crippen LogP contribution in [0.5, 0.6) is 11.5 Å². The molecule has 0 aliphatic carbocycles. The van der Waals surface area contributed by atoms with E-state index in [0.717, 1.165) is 27.2 Å². The van der Waals surface area contributed by atoms with Crippen LogP contribution < -0.4 is 4.74 Å². The van der Waals surface area contributed by atoms with Gasteiger partial charge in [0.2, 0.25) is 0 Å². The molecule has 0 radical (unpaired) electrons. The van der Waals surface area contributed by atoms with Crippen molar-refractivity contribution in [2.24, 2.45) is 0 Å². The number of alkyl halides is 3. The van der Waals surface area contributed by atoms with Crippen molar-refractivity contribution in [2.75, 3.05) is 0 Å². The highest BCUT2D eigenvalue weighted by molar-refractivity contribution is 7.90. The quantitative estimate of drug-likeness (QED) is 0.209. The van der Waals surface area contributed by atoms with Crippen LogP contribution in [0, 0.1) is 0 Å². The minimum atomic E-state index is -4.46. The smallest absolute Gasteiger partial charge is 0.416 e. The fourth-order valence-electron chi connectivity index (χ4n) is 4.16. The van der Waals surface area contributed by atoms with Gasteiger partial charge in [0.15, 0.2) is 0 Å². The van der Waals surface area contributed by atoms with Gasteiger partial charge in [-0.15, -0.1) is 0 Å². The second kappa shape index (κ2) is 10.2. The number of aryl methyl sites for hydroxylation is 1. The summed E-state index contributed by atoms with van der Waals surface area (Å²) in [5, 5.41) is 13.7. The third-order valence-corrected chi connectivity index (χ3v) is 8.48. The van der Waals surface area contributed by atoms with Crippen molar-refractivity contribution in [1.29, 1.82) is 0 Å². The van der Waals surface area contributed by atoms with Crippen molar-refractivity contribution in [3.05, 3.63) is 101 Å². The van der Waals surface area contributed by atoms with Gasteiger partial charge in [-0.1, -0.05) is 6.07 Å². The fraction of sp³-hybridized carbons (Fsp3) is 0.107. The normalized spacial score (nSPS) is 12.1. The molecule has 0 saturated carbocycles. The van der Waals surface area contributed by atoms with E-state index in [1.165, 1.54) is 53.9 Å². The lowest BCUT2D eigenvalue weighted by Gasteiger charge is -2.11. The summed E-state index contributed by atoms with van der Waals surface area (Å²) in [5.41, 5.74) is 2.07. The Morgan fingerprint density at radius 2 is 1.59 bits per heavy atom. The molecule has 0 unspecified atom stereocenters. The number of carboxylic acids is 1. The SMILES string of the molecule is O=C(O)CCc1cn(S(=O)(=O)c2ccc(Oc3ccc(C(F)(F)F)cc3)cc2)c2ccc(-c3ccsc3)cc12. The van der Waals surface area contributed by atoms with Gasteiger partial charge in [-0.2, -0.15) is 24.5 Å². The molecule has 0 saturated heterocycles. The van der Waals surface area contributed by atoms with Gasteiger partial charge in [0.1, 0.15) is 11.5 Å². The van der Waals surface area contributed by atoms with Crippen molar-refractivity contribution in [3.8, 4) is 22.6 Å². The monoisotopic (exact) mass is 571 g/mol. The summed E-state index contributed by atoms with van der Waals surface area (Å²) in [4.78, 5) is 11.2. The largest absolute Gasteiger partial charge is 0.481 e. The Kier molecular flexibility index (Phi) is 6.96. The molecule has 3 aromatic carbocycles. The Labute approximate surface area is 225 Å². The van der Waals surface area contributed by atoms with Gasteiger partial charge in [0.25, 0.3) is 10.0 Å². The molecule has 6 nitrogen and oxygen atoms in total. The van der Waals surface area contributed by atoms with Crippen LogP contribution in [0.25, 0.3) is 22.0 Å². The summed E-state index contributed by atoms with van der Waals surface area (Å²) in [6, 6.07) is 17.0. The van der Waals surface area contributed by atoms with Crippen LogP contribution >= 0.6 is 11.3 Å². The minimum Gasteiger partial charge on any atom is -0.481 e. The van der Waals surface area contributed by atoms with Gasteiger partial charge in [-0.3, -0.25) is 4.79 Å². The minimum absolute atomic E-state index is 0.0362. The number of carboxylic acid groups (broad SMARTS) is 1. The number of hydrogen-bond donors (Lipinski definition) is 1. The summed E-state index contributed by atoms with van der Waals surface area (Å²) in [5.74, 6) is -0.579. The van der Waals surface area contributed by atoms with E-state index in [9.17, 15) is 31.5 Å². The summed E-state index contributed by atoms with van der Waals surface area (Å²) in [7, 11) is -4.07. The fourth-order valence-corrected chi connectivity index (χ4v) is 6.21. The second-order valence-corrected chi connectivity index (χ2v) is 11.3. The first kappa shape index (κ1) is 26.5.